The molecule has 0 aliphatic carbocycles. The van der Waals surface area contributed by atoms with Gasteiger partial charge in [-0.25, -0.2) is 0 Å². The van der Waals surface area contributed by atoms with Gasteiger partial charge in [-0.05, 0) is 42.3 Å². The van der Waals surface area contributed by atoms with E-state index >= 15 is 0 Å². The zero-order chi connectivity index (χ0) is 17.7. The van der Waals surface area contributed by atoms with E-state index in [4.69, 9.17) is 0 Å². The Bertz CT molecular complexity index is 754. The zero-order valence-electron chi connectivity index (χ0n) is 14.1. The molecular formula is C19H22N2O3. The Balaban J connectivity index is 2.01. The molecule has 2 aromatic carbocycles. The molecule has 5 heteroatoms. The molecule has 0 aliphatic heterocycles. The molecule has 0 spiro atoms. The average Bonchev–Trinajstić information content (AvgIpc) is 2.53. The zero-order valence-corrected chi connectivity index (χ0v) is 14.1. The van der Waals surface area contributed by atoms with E-state index in [1.807, 2.05) is 39.0 Å². The van der Waals surface area contributed by atoms with E-state index in [0.717, 1.165) is 11.1 Å². The highest BCUT2D eigenvalue weighted by Crippen LogP contribution is 2.18. The topological polar surface area (TPSA) is 78.4 Å². The van der Waals surface area contributed by atoms with E-state index in [1.165, 1.54) is 0 Å². The molecule has 0 heterocycles. The van der Waals surface area contributed by atoms with Gasteiger partial charge in [-0.1, -0.05) is 32.0 Å². The highest BCUT2D eigenvalue weighted by atomic mass is 16.3. The molecular weight excluding hydrogens is 304 g/mol. The van der Waals surface area contributed by atoms with Gasteiger partial charge in [-0.15, -0.1) is 0 Å². The lowest BCUT2D eigenvalue weighted by atomic mass is 10.1. The van der Waals surface area contributed by atoms with Crippen molar-refractivity contribution in [3.63, 3.8) is 0 Å². The Morgan fingerprint density at radius 3 is 2.54 bits per heavy atom. The molecule has 5 nitrogen and oxygen atoms in total. The molecule has 3 N–H and O–H groups in total. The second-order valence-electron chi connectivity index (χ2n) is 6.05. The van der Waals surface area contributed by atoms with Gasteiger partial charge in [-0.2, -0.15) is 0 Å². The number of amides is 2. The van der Waals surface area contributed by atoms with Gasteiger partial charge >= 0.3 is 0 Å². The van der Waals surface area contributed by atoms with Crippen LogP contribution in [0, 0.1) is 12.8 Å². The number of anilines is 1. The van der Waals surface area contributed by atoms with Crippen LogP contribution in [0.15, 0.2) is 42.5 Å². The number of benzene rings is 2. The Morgan fingerprint density at radius 2 is 1.88 bits per heavy atom. The predicted octanol–water partition coefficient (Wildman–Crippen LogP) is 3.23. The monoisotopic (exact) mass is 326 g/mol. The molecule has 0 aliphatic rings. The lowest BCUT2D eigenvalue weighted by Crippen LogP contribution is -2.23. The Morgan fingerprint density at radius 1 is 1.12 bits per heavy atom. The number of hydrogen-bond acceptors (Lipinski definition) is 3. The van der Waals surface area contributed by atoms with Crippen molar-refractivity contribution in [2.75, 3.05) is 5.32 Å². The summed E-state index contributed by atoms with van der Waals surface area (Å²) in [6.07, 6.45) is 0. The van der Waals surface area contributed by atoms with Gasteiger partial charge in [-0.3, -0.25) is 9.59 Å². The number of hydrogen-bond donors (Lipinski definition) is 3. The fraction of sp³-hybridized carbons (Fsp3) is 0.263. The first kappa shape index (κ1) is 17.5. The molecule has 0 radical (unpaired) electrons. The number of carbonyl (C=O) groups is 2. The quantitative estimate of drug-likeness (QED) is 0.789. The molecule has 0 saturated heterocycles. The summed E-state index contributed by atoms with van der Waals surface area (Å²) >= 11 is 0. The van der Waals surface area contributed by atoms with Gasteiger partial charge in [0.05, 0.1) is 5.56 Å². The minimum atomic E-state index is -0.343. The van der Waals surface area contributed by atoms with Crippen LogP contribution in [0.2, 0.25) is 0 Å². The molecule has 2 rings (SSSR count). The Hall–Kier alpha value is -2.82. The smallest absolute Gasteiger partial charge is 0.255 e. The first-order chi connectivity index (χ1) is 11.4. The van der Waals surface area contributed by atoms with E-state index < -0.39 is 0 Å². The average molecular weight is 326 g/mol. The van der Waals surface area contributed by atoms with Crippen molar-refractivity contribution in [3.05, 3.63) is 59.2 Å². The van der Waals surface area contributed by atoms with E-state index in [9.17, 15) is 14.7 Å². The molecule has 24 heavy (non-hydrogen) atoms. The molecule has 126 valence electrons. The fourth-order valence-electron chi connectivity index (χ4n) is 2.16. The van der Waals surface area contributed by atoms with Crippen molar-refractivity contribution in [1.29, 1.82) is 0 Å². The third-order valence-electron chi connectivity index (χ3n) is 3.57. The Kier molecular flexibility index (Phi) is 5.58. The van der Waals surface area contributed by atoms with E-state index in [0.29, 0.717) is 12.2 Å². The Labute approximate surface area is 141 Å². The summed E-state index contributed by atoms with van der Waals surface area (Å²) in [5.41, 5.74) is 2.68. The van der Waals surface area contributed by atoms with Crippen LogP contribution in [0.25, 0.3) is 0 Å². The van der Waals surface area contributed by atoms with Gasteiger partial charge in [0.25, 0.3) is 5.91 Å². The maximum absolute atomic E-state index is 12.2. The van der Waals surface area contributed by atoms with Crippen LogP contribution >= 0.6 is 0 Å². The summed E-state index contributed by atoms with van der Waals surface area (Å²) in [6, 6.07) is 12.2. The minimum Gasteiger partial charge on any atom is -0.507 e. The fourth-order valence-corrected chi connectivity index (χ4v) is 2.16. The second kappa shape index (κ2) is 7.64. The second-order valence-corrected chi connectivity index (χ2v) is 6.05. The molecule has 2 amide bonds. The molecule has 0 atom stereocenters. The number of phenolic OH excluding ortho intramolecular Hbond substituents is 1. The predicted molar refractivity (Wildman–Crippen MR) is 93.9 cm³/mol. The van der Waals surface area contributed by atoms with Crippen LogP contribution in [0.4, 0.5) is 5.69 Å². The number of nitrogens with one attached hydrogen (secondary N) is 2. The molecule has 0 aromatic heterocycles. The summed E-state index contributed by atoms with van der Waals surface area (Å²) in [7, 11) is 0. The van der Waals surface area contributed by atoms with Crippen LogP contribution in [0.1, 0.15) is 35.3 Å². The maximum atomic E-state index is 12.2. The maximum Gasteiger partial charge on any atom is 0.255 e. The van der Waals surface area contributed by atoms with Gasteiger partial charge < -0.3 is 15.7 Å². The lowest BCUT2D eigenvalue weighted by molar-refractivity contribution is -0.118. The lowest BCUT2D eigenvalue weighted by Gasteiger charge is -2.10. The van der Waals surface area contributed by atoms with Crippen LogP contribution in [0.3, 0.4) is 0 Å². The third-order valence-corrected chi connectivity index (χ3v) is 3.57. The number of aryl methyl sites for hydroxylation is 1. The van der Waals surface area contributed by atoms with E-state index in [2.05, 4.69) is 10.6 Å². The van der Waals surface area contributed by atoms with Crippen molar-refractivity contribution >= 4 is 17.5 Å². The van der Waals surface area contributed by atoms with E-state index in [1.54, 1.807) is 24.3 Å². The van der Waals surface area contributed by atoms with Crippen molar-refractivity contribution in [2.24, 2.45) is 5.92 Å². The number of phenols is 1. The molecule has 0 saturated carbocycles. The first-order valence-corrected chi connectivity index (χ1v) is 7.84. The third kappa shape index (κ3) is 4.59. The van der Waals surface area contributed by atoms with Crippen molar-refractivity contribution in [1.82, 2.24) is 5.32 Å². The van der Waals surface area contributed by atoms with Crippen molar-refractivity contribution < 1.29 is 14.7 Å². The van der Waals surface area contributed by atoms with Crippen LogP contribution in [-0.4, -0.2) is 16.9 Å². The normalized spacial score (nSPS) is 10.5. The SMILES string of the molecule is Cc1ccc(C(=O)NCc2cccc(NC(=O)C(C)C)c2)c(O)c1. The summed E-state index contributed by atoms with van der Waals surface area (Å²) in [4.78, 5) is 23.9. The van der Waals surface area contributed by atoms with Gasteiger partial charge in [0.1, 0.15) is 5.75 Å². The summed E-state index contributed by atoms with van der Waals surface area (Å²) in [5, 5.41) is 15.4. The van der Waals surface area contributed by atoms with Gasteiger partial charge in [0.2, 0.25) is 5.91 Å². The summed E-state index contributed by atoms with van der Waals surface area (Å²) < 4.78 is 0. The number of rotatable bonds is 5. The van der Waals surface area contributed by atoms with Gasteiger partial charge in [0, 0.05) is 18.2 Å². The first-order valence-electron chi connectivity index (χ1n) is 7.84. The summed E-state index contributed by atoms with van der Waals surface area (Å²) in [5.74, 6) is -0.534. The molecule has 0 fully saturated rings. The van der Waals surface area contributed by atoms with Crippen LogP contribution in [-0.2, 0) is 11.3 Å². The molecule has 0 bridgehead atoms. The standard InChI is InChI=1S/C19H22N2O3/c1-12(2)18(23)21-15-6-4-5-14(10-15)11-20-19(24)16-8-7-13(3)9-17(16)22/h4-10,12,22H,11H2,1-3H3,(H,20,24)(H,21,23). The van der Waals surface area contributed by atoms with Crippen molar-refractivity contribution in [3.8, 4) is 5.75 Å². The van der Waals surface area contributed by atoms with Crippen LogP contribution < -0.4 is 10.6 Å². The number of aromatic hydroxyl groups is 1. The highest BCUT2D eigenvalue weighted by molar-refractivity contribution is 5.97. The summed E-state index contributed by atoms with van der Waals surface area (Å²) in [6.45, 7) is 5.80. The molecule has 0 unspecified atom stereocenters. The largest absolute Gasteiger partial charge is 0.507 e. The minimum absolute atomic E-state index is 0.0366. The number of carbonyl (C=O) groups excluding carboxylic acids is 2. The van der Waals surface area contributed by atoms with Gasteiger partial charge in [0.15, 0.2) is 0 Å². The van der Waals surface area contributed by atoms with Crippen LogP contribution in [0.5, 0.6) is 5.75 Å². The highest BCUT2D eigenvalue weighted by Gasteiger charge is 2.11. The molecule has 2 aromatic rings. The van der Waals surface area contributed by atoms with E-state index in [-0.39, 0.29) is 29.0 Å². The van der Waals surface area contributed by atoms with Crippen molar-refractivity contribution in [2.45, 2.75) is 27.3 Å².